The molecule has 6 nitrogen and oxygen atoms in total. The Hall–Kier alpha value is -0.950. The maximum absolute atomic E-state index is 12.2. The van der Waals surface area contributed by atoms with Crippen molar-refractivity contribution in [3.05, 3.63) is 0 Å². The van der Waals surface area contributed by atoms with Gasteiger partial charge in [0.1, 0.15) is 6.04 Å². The number of amides is 2. The summed E-state index contributed by atoms with van der Waals surface area (Å²) in [4.78, 5) is 24.9. The highest BCUT2D eigenvalue weighted by atomic mass is 32.2. The van der Waals surface area contributed by atoms with Crippen molar-refractivity contribution in [3.8, 4) is 0 Å². The van der Waals surface area contributed by atoms with E-state index in [4.69, 9.17) is 4.74 Å². The fourth-order valence-corrected chi connectivity index (χ4v) is 3.85. The highest BCUT2D eigenvalue weighted by Gasteiger charge is 2.47. The van der Waals surface area contributed by atoms with Crippen LogP contribution < -0.4 is 5.32 Å². The number of nitrogens with zero attached hydrogens (tertiary/aromatic N) is 1. The summed E-state index contributed by atoms with van der Waals surface area (Å²) in [6.07, 6.45) is 2.92. The molecule has 0 aromatic carbocycles. The maximum Gasteiger partial charge on any atom is 0.327 e. The van der Waals surface area contributed by atoms with Crippen molar-refractivity contribution in [2.24, 2.45) is 5.92 Å². The quantitative estimate of drug-likeness (QED) is 0.712. The smallest absolute Gasteiger partial charge is 0.327 e. The monoisotopic (exact) mass is 288 g/mol. The zero-order valence-electron chi connectivity index (χ0n) is 11.0. The fraction of sp³-hybridized carbons (Fsp3) is 0.833. The zero-order chi connectivity index (χ0) is 13.8. The lowest BCUT2D eigenvalue weighted by Crippen LogP contribution is -2.51. The van der Waals surface area contributed by atoms with E-state index in [0.717, 1.165) is 19.3 Å². The second kappa shape index (κ2) is 6.47. The summed E-state index contributed by atoms with van der Waals surface area (Å²) in [6.45, 7) is 1.10. The molecule has 2 aliphatic rings. The van der Waals surface area contributed by atoms with Crippen LogP contribution in [0, 0.1) is 5.92 Å². The van der Waals surface area contributed by atoms with Gasteiger partial charge in [-0.1, -0.05) is 0 Å². The Kier molecular flexibility index (Phi) is 4.93. The van der Waals surface area contributed by atoms with Crippen LogP contribution in [0.5, 0.6) is 0 Å². The largest absolute Gasteiger partial charge is 0.480 e. The number of hydrogen-bond acceptors (Lipinski definition) is 4. The Balaban J connectivity index is 1.91. The van der Waals surface area contributed by atoms with E-state index < -0.39 is 12.0 Å². The molecule has 2 fully saturated rings. The molecule has 0 radical (unpaired) electrons. The molecule has 0 aromatic rings. The van der Waals surface area contributed by atoms with Crippen molar-refractivity contribution in [1.29, 1.82) is 0 Å². The molecule has 0 aromatic heterocycles. The molecule has 108 valence electrons. The maximum atomic E-state index is 12.2. The van der Waals surface area contributed by atoms with E-state index in [1.165, 1.54) is 4.90 Å². The highest BCUT2D eigenvalue weighted by molar-refractivity contribution is 8.00. The lowest BCUT2D eigenvalue weighted by atomic mass is 10.2. The Morgan fingerprint density at radius 3 is 2.79 bits per heavy atom. The molecule has 1 heterocycles. The molecule has 19 heavy (non-hydrogen) atoms. The van der Waals surface area contributed by atoms with Gasteiger partial charge in [0, 0.05) is 26.0 Å². The molecule has 1 aliphatic carbocycles. The van der Waals surface area contributed by atoms with Crippen LogP contribution in [0.4, 0.5) is 4.79 Å². The van der Waals surface area contributed by atoms with Gasteiger partial charge in [0.05, 0.1) is 5.37 Å². The lowest BCUT2D eigenvalue weighted by Gasteiger charge is -2.27. The molecule has 1 aliphatic heterocycles. The number of hydrogen-bond donors (Lipinski definition) is 2. The average molecular weight is 288 g/mol. The van der Waals surface area contributed by atoms with E-state index in [1.807, 2.05) is 0 Å². The molecule has 7 heteroatoms. The number of nitrogens with one attached hydrogen (secondary N) is 1. The van der Waals surface area contributed by atoms with Crippen molar-refractivity contribution in [3.63, 3.8) is 0 Å². The second-order valence-electron chi connectivity index (χ2n) is 4.90. The summed E-state index contributed by atoms with van der Waals surface area (Å²) in [5.41, 5.74) is 0. The van der Waals surface area contributed by atoms with Crippen LogP contribution in [-0.4, -0.2) is 59.4 Å². The first-order chi connectivity index (χ1) is 9.15. The van der Waals surface area contributed by atoms with Gasteiger partial charge < -0.3 is 15.2 Å². The number of carboxylic acid groups (broad SMARTS) is 1. The minimum absolute atomic E-state index is 0.0310. The molecule has 1 saturated carbocycles. The van der Waals surface area contributed by atoms with E-state index in [9.17, 15) is 14.7 Å². The molecule has 2 unspecified atom stereocenters. The summed E-state index contributed by atoms with van der Waals surface area (Å²) >= 11 is 1.59. The second-order valence-corrected chi connectivity index (χ2v) is 6.05. The van der Waals surface area contributed by atoms with Gasteiger partial charge in [-0.15, -0.1) is 11.8 Å². The van der Waals surface area contributed by atoms with Crippen molar-refractivity contribution < 1.29 is 19.4 Å². The van der Waals surface area contributed by atoms with Crippen molar-refractivity contribution >= 4 is 23.8 Å². The van der Waals surface area contributed by atoms with Gasteiger partial charge in [0.25, 0.3) is 0 Å². The normalized spacial score (nSPS) is 26.5. The first-order valence-corrected chi connectivity index (χ1v) is 7.59. The predicted octanol–water partition coefficient (Wildman–Crippen LogP) is 0.971. The van der Waals surface area contributed by atoms with Gasteiger partial charge in [-0.25, -0.2) is 9.59 Å². The van der Waals surface area contributed by atoms with Crippen LogP contribution in [0.15, 0.2) is 0 Å². The fourth-order valence-electron chi connectivity index (χ4n) is 2.22. The van der Waals surface area contributed by atoms with Crippen LogP contribution in [-0.2, 0) is 9.53 Å². The van der Waals surface area contributed by atoms with Crippen LogP contribution in [0.2, 0.25) is 0 Å². The Labute approximate surface area is 116 Å². The predicted molar refractivity (Wildman–Crippen MR) is 72.1 cm³/mol. The van der Waals surface area contributed by atoms with Crippen LogP contribution in [0.3, 0.4) is 0 Å². The lowest BCUT2D eigenvalue weighted by molar-refractivity contribution is -0.141. The number of rotatable bonds is 6. The van der Waals surface area contributed by atoms with Crippen molar-refractivity contribution in [1.82, 2.24) is 10.2 Å². The molecule has 2 amide bonds. The van der Waals surface area contributed by atoms with Crippen LogP contribution in [0.25, 0.3) is 0 Å². The summed E-state index contributed by atoms with van der Waals surface area (Å²) in [5, 5.41) is 12.0. The number of ether oxygens (including phenoxy) is 1. The molecular weight excluding hydrogens is 268 g/mol. The number of urea groups is 1. The number of carboxylic acids is 1. The van der Waals surface area contributed by atoms with E-state index in [2.05, 4.69) is 5.32 Å². The van der Waals surface area contributed by atoms with Crippen molar-refractivity contribution in [2.75, 3.05) is 26.0 Å². The number of aliphatic carboxylic acids is 1. The average Bonchev–Trinajstić information content (AvgIpc) is 3.12. The molecule has 0 spiro atoms. The number of thioether (sulfide) groups is 1. The van der Waals surface area contributed by atoms with Gasteiger partial charge in [0.2, 0.25) is 0 Å². The van der Waals surface area contributed by atoms with E-state index in [0.29, 0.717) is 24.8 Å². The van der Waals surface area contributed by atoms with Gasteiger partial charge in [-0.2, -0.15) is 0 Å². The minimum Gasteiger partial charge on any atom is -0.480 e. The Morgan fingerprint density at radius 1 is 1.47 bits per heavy atom. The molecular formula is C12H20N2O4S. The van der Waals surface area contributed by atoms with E-state index in [1.54, 1.807) is 18.9 Å². The zero-order valence-corrected chi connectivity index (χ0v) is 11.8. The molecule has 0 bridgehead atoms. The summed E-state index contributed by atoms with van der Waals surface area (Å²) < 4.78 is 4.91. The first-order valence-electron chi connectivity index (χ1n) is 6.54. The van der Waals surface area contributed by atoms with E-state index in [-0.39, 0.29) is 11.4 Å². The summed E-state index contributed by atoms with van der Waals surface area (Å²) in [5.74, 6) is 0.0453. The molecule has 2 atom stereocenters. The van der Waals surface area contributed by atoms with Crippen LogP contribution >= 0.6 is 11.8 Å². The third kappa shape index (κ3) is 3.54. The Bertz CT molecular complexity index is 349. The molecule has 2 rings (SSSR count). The van der Waals surface area contributed by atoms with Gasteiger partial charge in [0.15, 0.2) is 0 Å². The Morgan fingerprint density at radius 2 is 2.21 bits per heavy atom. The van der Waals surface area contributed by atoms with Crippen LogP contribution in [0.1, 0.15) is 19.3 Å². The van der Waals surface area contributed by atoms with Gasteiger partial charge >= 0.3 is 12.0 Å². The molecule has 1 saturated heterocycles. The first kappa shape index (κ1) is 14.5. The number of carbonyl (C=O) groups is 2. The van der Waals surface area contributed by atoms with E-state index >= 15 is 0 Å². The highest BCUT2D eigenvalue weighted by Crippen LogP contribution is 2.45. The number of carbonyl (C=O) groups excluding carboxylic acids is 1. The minimum atomic E-state index is -0.914. The van der Waals surface area contributed by atoms with Gasteiger partial charge in [-0.05, 0) is 25.2 Å². The SMILES string of the molecule is COCCCNC(=O)N1C(C(=O)O)CSC1C1CC1. The van der Waals surface area contributed by atoms with Crippen molar-refractivity contribution in [2.45, 2.75) is 30.7 Å². The number of methoxy groups -OCH3 is 1. The molecule has 2 N–H and O–H groups in total. The third-order valence-corrected chi connectivity index (χ3v) is 4.84. The summed E-state index contributed by atoms with van der Waals surface area (Å²) in [6, 6.07) is -0.955. The summed E-state index contributed by atoms with van der Waals surface area (Å²) in [7, 11) is 1.61. The third-order valence-electron chi connectivity index (χ3n) is 3.38. The standard InChI is InChI=1S/C12H20N2O4S/c1-18-6-2-5-13-12(17)14-9(11(15)16)7-19-10(14)8-3-4-8/h8-10H,2-7H2,1H3,(H,13,17)(H,15,16). The van der Waals surface area contributed by atoms with Gasteiger partial charge in [-0.3, -0.25) is 4.90 Å². The topological polar surface area (TPSA) is 78.9 Å².